The monoisotopic (exact) mass is 440 g/mol. The first-order valence-corrected chi connectivity index (χ1v) is 11.8. The van der Waals surface area contributed by atoms with Gasteiger partial charge in [-0.2, -0.15) is 0 Å². The summed E-state index contributed by atoms with van der Waals surface area (Å²) in [5.74, 6) is 0.0619. The number of rotatable bonds is 5. The van der Waals surface area contributed by atoms with Crippen LogP contribution in [0.3, 0.4) is 0 Å². The third-order valence-corrected chi connectivity index (χ3v) is 5.48. The number of carbonyl (C=O) groups excluding carboxylic acids is 1. The SMILES string of the molecule is C=CCC(=O)NCCC.CC.CC1=CSc2ccccc2C(c2ccccc2P)=N1. The second-order valence-electron chi connectivity index (χ2n) is 6.26. The lowest BCUT2D eigenvalue weighted by atomic mass is 10.0. The Balaban J connectivity index is 0.000000349. The van der Waals surface area contributed by atoms with E-state index in [1.807, 2.05) is 33.8 Å². The van der Waals surface area contributed by atoms with E-state index in [0.29, 0.717) is 6.42 Å². The van der Waals surface area contributed by atoms with Gasteiger partial charge in [-0.1, -0.05) is 81.1 Å². The highest BCUT2D eigenvalue weighted by molar-refractivity contribution is 8.02. The Hall–Kier alpha value is -2.16. The van der Waals surface area contributed by atoms with Crippen molar-refractivity contribution >= 4 is 37.9 Å². The molecule has 1 unspecified atom stereocenters. The van der Waals surface area contributed by atoms with Gasteiger partial charge in [-0.15, -0.1) is 15.8 Å². The molecule has 2 aromatic rings. The second-order valence-corrected chi connectivity index (χ2v) is 7.80. The van der Waals surface area contributed by atoms with Crippen LogP contribution in [0.2, 0.25) is 0 Å². The van der Waals surface area contributed by atoms with E-state index in [-0.39, 0.29) is 5.91 Å². The van der Waals surface area contributed by atoms with Crippen molar-refractivity contribution in [3.8, 4) is 0 Å². The summed E-state index contributed by atoms with van der Waals surface area (Å²) in [7, 11) is 2.80. The van der Waals surface area contributed by atoms with Crippen LogP contribution in [0, 0.1) is 0 Å². The van der Waals surface area contributed by atoms with Crippen LogP contribution >= 0.6 is 21.0 Å². The predicted octanol–water partition coefficient (Wildman–Crippen LogP) is 6.11. The molecule has 0 saturated heterocycles. The van der Waals surface area contributed by atoms with Crippen molar-refractivity contribution in [2.24, 2.45) is 4.99 Å². The number of thioether (sulfide) groups is 1. The Kier molecular flexibility index (Phi) is 12.7. The molecular weight excluding hydrogens is 407 g/mol. The third kappa shape index (κ3) is 8.30. The molecule has 0 saturated carbocycles. The molecule has 160 valence electrons. The van der Waals surface area contributed by atoms with E-state index in [9.17, 15) is 4.79 Å². The predicted molar refractivity (Wildman–Crippen MR) is 137 cm³/mol. The summed E-state index contributed by atoms with van der Waals surface area (Å²) in [5, 5.41) is 6.01. The number of amides is 1. The van der Waals surface area contributed by atoms with E-state index < -0.39 is 0 Å². The van der Waals surface area contributed by atoms with Crippen molar-refractivity contribution in [2.45, 2.75) is 45.4 Å². The van der Waals surface area contributed by atoms with Gasteiger partial charge < -0.3 is 5.32 Å². The summed E-state index contributed by atoms with van der Waals surface area (Å²) >= 11 is 1.74. The maximum Gasteiger partial charge on any atom is 0.223 e. The van der Waals surface area contributed by atoms with E-state index in [4.69, 9.17) is 4.99 Å². The topological polar surface area (TPSA) is 41.5 Å². The van der Waals surface area contributed by atoms with Crippen molar-refractivity contribution in [1.82, 2.24) is 5.32 Å². The minimum Gasteiger partial charge on any atom is -0.356 e. The summed E-state index contributed by atoms with van der Waals surface area (Å²) in [5.41, 5.74) is 4.48. The van der Waals surface area contributed by atoms with E-state index in [1.54, 1.807) is 17.8 Å². The fourth-order valence-electron chi connectivity index (χ4n) is 2.56. The molecule has 0 bridgehead atoms. The van der Waals surface area contributed by atoms with Crippen LogP contribution in [0.15, 0.2) is 82.2 Å². The minimum absolute atomic E-state index is 0.0619. The highest BCUT2D eigenvalue weighted by atomic mass is 32.2. The number of allylic oxidation sites excluding steroid dienone is 1. The fourth-order valence-corrected chi connectivity index (χ4v) is 3.71. The van der Waals surface area contributed by atoms with Gasteiger partial charge in [-0.05, 0) is 30.1 Å². The maximum atomic E-state index is 10.6. The van der Waals surface area contributed by atoms with E-state index in [0.717, 1.165) is 24.4 Å². The molecule has 3 nitrogen and oxygen atoms in total. The lowest BCUT2D eigenvalue weighted by Gasteiger charge is -2.11. The molecule has 3 rings (SSSR count). The fraction of sp³-hybridized carbons (Fsp3) is 0.280. The zero-order valence-electron chi connectivity index (χ0n) is 18.4. The molecule has 0 aliphatic carbocycles. The molecule has 1 amide bonds. The van der Waals surface area contributed by atoms with Crippen molar-refractivity contribution in [1.29, 1.82) is 0 Å². The quantitative estimate of drug-likeness (QED) is 0.450. The number of nitrogens with one attached hydrogen (secondary N) is 1. The number of hydrogen-bond donors (Lipinski definition) is 1. The van der Waals surface area contributed by atoms with Gasteiger partial charge >= 0.3 is 0 Å². The minimum atomic E-state index is 0.0619. The van der Waals surface area contributed by atoms with Gasteiger partial charge in [0, 0.05) is 34.7 Å². The molecule has 1 aliphatic heterocycles. The smallest absolute Gasteiger partial charge is 0.223 e. The van der Waals surface area contributed by atoms with Crippen molar-refractivity contribution in [3.63, 3.8) is 0 Å². The highest BCUT2D eigenvalue weighted by Gasteiger charge is 2.15. The molecule has 5 heteroatoms. The summed E-state index contributed by atoms with van der Waals surface area (Å²) in [6.45, 7) is 12.3. The Labute approximate surface area is 188 Å². The molecule has 1 heterocycles. The molecule has 30 heavy (non-hydrogen) atoms. The molecule has 0 fully saturated rings. The van der Waals surface area contributed by atoms with E-state index in [1.165, 1.54) is 21.3 Å². The first kappa shape index (κ1) is 25.9. The number of carbonyl (C=O) groups is 1. The van der Waals surface area contributed by atoms with Gasteiger partial charge in [-0.25, -0.2) is 0 Å². The van der Waals surface area contributed by atoms with Crippen LogP contribution in [0.4, 0.5) is 0 Å². The number of fused-ring (bicyclic) bond motifs is 1. The first-order chi connectivity index (χ1) is 14.6. The molecule has 2 aromatic carbocycles. The average molecular weight is 441 g/mol. The summed E-state index contributed by atoms with van der Waals surface area (Å²) in [4.78, 5) is 16.7. The Bertz CT molecular complexity index is 890. The largest absolute Gasteiger partial charge is 0.356 e. The number of aliphatic imine (C=N–C) groups is 1. The lowest BCUT2D eigenvalue weighted by Crippen LogP contribution is -2.22. The van der Waals surface area contributed by atoms with Crippen LogP contribution < -0.4 is 10.6 Å². The Morgan fingerprint density at radius 2 is 1.77 bits per heavy atom. The molecule has 1 aliphatic rings. The Morgan fingerprint density at radius 1 is 1.13 bits per heavy atom. The van der Waals surface area contributed by atoms with Crippen LogP contribution in [-0.4, -0.2) is 18.2 Å². The van der Waals surface area contributed by atoms with Gasteiger partial charge in [0.2, 0.25) is 5.91 Å². The molecule has 0 radical (unpaired) electrons. The van der Waals surface area contributed by atoms with E-state index >= 15 is 0 Å². The second kappa shape index (κ2) is 14.8. The molecule has 0 aromatic heterocycles. The zero-order chi connectivity index (χ0) is 22.4. The summed E-state index contributed by atoms with van der Waals surface area (Å²) in [6, 6.07) is 16.8. The van der Waals surface area contributed by atoms with E-state index in [2.05, 4.69) is 69.0 Å². The van der Waals surface area contributed by atoms with Crippen molar-refractivity contribution < 1.29 is 4.79 Å². The molecule has 1 N–H and O–H groups in total. The van der Waals surface area contributed by atoms with Gasteiger partial charge in [0.05, 0.1) is 5.71 Å². The van der Waals surface area contributed by atoms with Gasteiger partial charge in [-0.3, -0.25) is 9.79 Å². The molecule has 0 spiro atoms. The maximum absolute atomic E-state index is 10.6. The summed E-state index contributed by atoms with van der Waals surface area (Å²) in [6.07, 6.45) is 3.02. The molecular formula is C25H33N2OPS. The van der Waals surface area contributed by atoms with Crippen LogP contribution in [0.1, 0.15) is 51.7 Å². The standard InChI is InChI=1S/C16H14NPS.C7H13NO.C2H6/c1-11-10-19-15-9-5-3-7-13(15)16(17-11)12-6-2-4-8-14(12)18;1-3-5-7(9)8-6-4-2;1-2/h2-10H,18H2,1H3;3H,1,4-6H2,2H3,(H,8,9);1-2H3. The summed E-state index contributed by atoms with van der Waals surface area (Å²) < 4.78 is 0. The normalized spacial score (nSPS) is 11.8. The molecule has 1 atom stereocenters. The Morgan fingerprint density at radius 3 is 2.40 bits per heavy atom. The lowest BCUT2D eigenvalue weighted by molar-refractivity contribution is -0.120. The third-order valence-electron chi connectivity index (χ3n) is 3.90. The van der Waals surface area contributed by atoms with Gasteiger partial charge in [0.1, 0.15) is 0 Å². The van der Waals surface area contributed by atoms with Gasteiger partial charge in [0.15, 0.2) is 0 Å². The average Bonchev–Trinajstić information content (AvgIpc) is 2.94. The van der Waals surface area contributed by atoms with Gasteiger partial charge in [0.25, 0.3) is 0 Å². The first-order valence-electron chi connectivity index (χ1n) is 10.3. The highest BCUT2D eigenvalue weighted by Crippen LogP contribution is 2.30. The number of nitrogens with zero attached hydrogens (tertiary/aromatic N) is 1. The van der Waals surface area contributed by atoms with Crippen molar-refractivity contribution in [3.05, 3.63) is 83.4 Å². The van der Waals surface area contributed by atoms with Crippen molar-refractivity contribution in [2.75, 3.05) is 6.54 Å². The zero-order valence-corrected chi connectivity index (χ0v) is 20.4. The number of hydrogen-bond acceptors (Lipinski definition) is 3. The van der Waals surface area contributed by atoms with Crippen LogP contribution in [0.25, 0.3) is 0 Å². The van der Waals surface area contributed by atoms with Crippen LogP contribution in [-0.2, 0) is 4.79 Å². The van der Waals surface area contributed by atoms with Crippen LogP contribution in [0.5, 0.6) is 0 Å². The number of benzene rings is 2.